The van der Waals surface area contributed by atoms with Crippen LogP contribution in [0.3, 0.4) is 0 Å². The van der Waals surface area contributed by atoms with Crippen LogP contribution in [0.2, 0.25) is 10.0 Å². The summed E-state index contributed by atoms with van der Waals surface area (Å²) in [7, 11) is 3.16. The van der Waals surface area contributed by atoms with Crippen LogP contribution in [-0.4, -0.2) is 31.6 Å². The van der Waals surface area contributed by atoms with Crippen LogP contribution >= 0.6 is 23.2 Å². The van der Waals surface area contributed by atoms with Gasteiger partial charge in [-0.2, -0.15) is 0 Å². The third-order valence-electron chi connectivity index (χ3n) is 6.50. The zero-order chi connectivity index (χ0) is 25.6. The van der Waals surface area contributed by atoms with Gasteiger partial charge in [0.2, 0.25) is 5.76 Å². The number of amides is 1. The number of hydrogen-bond acceptors (Lipinski definition) is 5. The van der Waals surface area contributed by atoms with E-state index in [1.54, 1.807) is 49.5 Å². The molecule has 4 aromatic rings. The van der Waals surface area contributed by atoms with Gasteiger partial charge < -0.3 is 18.8 Å². The van der Waals surface area contributed by atoms with Crippen molar-refractivity contribution in [3.8, 4) is 11.5 Å². The Hall–Kier alpha value is -3.48. The number of carbonyl (C=O) groups is 1. The summed E-state index contributed by atoms with van der Waals surface area (Å²) in [5.74, 6) is 0.930. The molecule has 1 amide bonds. The van der Waals surface area contributed by atoms with Crippen LogP contribution in [0.25, 0.3) is 11.0 Å². The van der Waals surface area contributed by atoms with Gasteiger partial charge in [0.1, 0.15) is 5.58 Å². The van der Waals surface area contributed by atoms with Gasteiger partial charge in [-0.15, -0.1) is 0 Å². The summed E-state index contributed by atoms with van der Waals surface area (Å²) >= 11 is 12.6. The number of ether oxygens (including phenoxy) is 2. The maximum Gasteiger partial charge on any atom is 0.290 e. The second-order valence-electron chi connectivity index (χ2n) is 8.67. The fourth-order valence-electron chi connectivity index (χ4n) is 4.68. The van der Waals surface area contributed by atoms with Crippen molar-refractivity contribution in [3.63, 3.8) is 0 Å². The molecule has 0 saturated heterocycles. The number of carbonyl (C=O) groups excluding carboxylic acids is 1. The fraction of sp³-hybridized carbons (Fsp3) is 0.214. The van der Waals surface area contributed by atoms with Crippen LogP contribution in [0.4, 0.5) is 0 Å². The first-order valence-corrected chi connectivity index (χ1v) is 12.1. The van der Waals surface area contributed by atoms with E-state index in [-0.39, 0.29) is 17.1 Å². The Bertz CT molecular complexity index is 1560. The quantitative estimate of drug-likeness (QED) is 0.300. The molecule has 0 fully saturated rings. The van der Waals surface area contributed by atoms with E-state index >= 15 is 0 Å². The molecule has 6 nitrogen and oxygen atoms in total. The molecule has 0 N–H and O–H groups in total. The Morgan fingerprint density at radius 2 is 1.75 bits per heavy atom. The third kappa shape index (κ3) is 4.10. The second kappa shape index (κ2) is 9.52. The van der Waals surface area contributed by atoms with E-state index in [2.05, 4.69) is 0 Å². The number of methoxy groups -OCH3 is 2. The summed E-state index contributed by atoms with van der Waals surface area (Å²) in [4.78, 5) is 29.0. The number of hydrogen-bond donors (Lipinski definition) is 0. The van der Waals surface area contributed by atoms with Gasteiger partial charge in [0.25, 0.3) is 5.91 Å². The van der Waals surface area contributed by atoms with Crippen molar-refractivity contribution in [3.05, 3.63) is 103 Å². The number of rotatable bonds is 6. The molecule has 1 unspecified atom stereocenters. The summed E-state index contributed by atoms with van der Waals surface area (Å²) in [6.07, 6.45) is 0.524. The monoisotopic (exact) mass is 523 g/mol. The summed E-state index contributed by atoms with van der Waals surface area (Å²) in [5, 5.41) is 1.31. The molecule has 1 aliphatic rings. The summed E-state index contributed by atoms with van der Waals surface area (Å²) in [6.45, 7) is 2.16. The molecule has 2 heterocycles. The molecule has 0 spiro atoms. The summed E-state index contributed by atoms with van der Waals surface area (Å²) < 4.78 is 16.8. The predicted molar refractivity (Wildman–Crippen MR) is 140 cm³/mol. The van der Waals surface area contributed by atoms with E-state index < -0.39 is 6.04 Å². The molecule has 0 bridgehead atoms. The number of halogens is 2. The summed E-state index contributed by atoms with van der Waals surface area (Å²) in [5.41, 5.74) is 2.79. The van der Waals surface area contributed by atoms with Gasteiger partial charge >= 0.3 is 0 Å². The lowest BCUT2D eigenvalue weighted by atomic mass is 9.98. The van der Waals surface area contributed by atoms with Crippen molar-refractivity contribution in [2.45, 2.75) is 19.4 Å². The SMILES string of the molecule is COc1ccc(CCN2C(=O)c3oc4cc(C)c(Cl)cc4c(=O)c3C2c2cccc(Cl)c2)cc1OC. The van der Waals surface area contributed by atoms with Gasteiger partial charge in [-0.1, -0.05) is 41.4 Å². The smallest absolute Gasteiger partial charge is 0.290 e. The first kappa shape index (κ1) is 24.2. The average molecular weight is 524 g/mol. The highest BCUT2D eigenvalue weighted by molar-refractivity contribution is 6.32. The first-order chi connectivity index (χ1) is 17.3. The van der Waals surface area contributed by atoms with Crippen molar-refractivity contribution < 1.29 is 18.7 Å². The number of benzene rings is 3. The van der Waals surface area contributed by atoms with E-state index in [0.29, 0.717) is 51.0 Å². The number of nitrogens with zero attached hydrogens (tertiary/aromatic N) is 1. The molecule has 0 aliphatic carbocycles. The molecule has 8 heteroatoms. The van der Waals surface area contributed by atoms with Crippen LogP contribution in [0.5, 0.6) is 11.5 Å². The van der Waals surface area contributed by atoms with Crippen molar-refractivity contribution >= 4 is 40.1 Å². The lowest BCUT2D eigenvalue weighted by Crippen LogP contribution is -2.31. The minimum Gasteiger partial charge on any atom is -0.493 e. The van der Waals surface area contributed by atoms with Gasteiger partial charge in [-0.3, -0.25) is 9.59 Å². The van der Waals surface area contributed by atoms with Gasteiger partial charge in [0, 0.05) is 16.6 Å². The minimum atomic E-state index is -0.646. The third-order valence-corrected chi connectivity index (χ3v) is 7.14. The van der Waals surface area contributed by atoms with Gasteiger partial charge in [-0.25, -0.2) is 0 Å². The zero-order valence-electron chi connectivity index (χ0n) is 19.9. The molecule has 36 heavy (non-hydrogen) atoms. The highest BCUT2D eigenvalue weighted by Crippen LogP contribution is 2.39. The molecule has 1 aliphatic heterocycles. The Kier molecular flexibility index (Phi) is 6.41. The maximum absolute atomic E-state index is 13.7. The molecular weight excluding hydrogens is 501 g/mol. The van der Waals surface area contributed by atoms with E-state index in [4.69, 9.17) is 37.1 Å². The maximum atomic E-state index is 13.7. The highest BCUT2D eigenvalue weighted by Gasteiger charge is 2.42. The summed E-state index contributed by atoms with van der Waals surface area (Å²) in [6, 6.07) is 15.4. The molecule has 0 saturated carbocycles. The van der Waals surface area contributed by atoms with Crippen molar-refractivity contribution in [2.75, 3.05) is 20.8 Å². The van der Waals surface area contributed by atoms with E-state index in [0.717, 1.165) is 16.7 Å². The molecular formula is C28H23Cl2NO5. The van der Waals surface area contributed by atoms with Crippen molar-refractivity contribution in [2.24, 2.45) is 0 Å². The molecule has 5 rings (SSSR count). The van der Waals surface area contributed by atoms with Crippen LogP contribution in [0, 0.1) is 6.92 Å². The van der Waals surface area contributed by atoms with Crippen LogP contribution < -0.4 is 14.9 Å². The highest BCUT2D eigenvalue weighted by atomic mass is 35.5. The minimum absolute atomic E-state index is 0.0477. The molecule has 1 aromatic heterocycles. The fourth-order valence-corrected chi connectivity index (χ4v) is 5.04. The molecule has 0 radical (unpaired) electrons. The van der Waals surface area contributed by atoms with Crippen molar-refractivity contribution in [1.82, 2.24) is 4.90 Å². The first-order valence-electron chi connectivity index (χ1n) is 11.4. The number of fused-ring (bicyclic) bond motifs is 2. The average Bonchev–Trinajstić information content (AvgIpc) is 3.15. The van der Waals surface area contributed by atoms with Crippen molar-refractivity contribution in [1.29, 1.82) is 0 Å². The standard InChI is InChI=1S/C28H23Cl2NO5/c1-15-11-22-19(14-20(15)30)26(32)24-25(17-5-4-6-18(29)13-17)31(28(33)27(24)36-22)10-9-16-7-8-21(34-2)23(12-16)35-3/h4-8,11-14,25H,9-10H2,1-3H3. The number of aryl methyl sites for hydroxylation is 1. The van der Waals surface area contributed by atoms with Crippen LogP contribution in [0.15, 0.2) is 63.8 Å². The molecule has 1 atom stereocenters. The van der Waals surface area contributed by atoms with Gasteiger partial charge in [0.15, 0.2) is 16.9 Å². The second-order valence-corrected chi connectivity index (χ2v) is 9.51. The largest absolute Gasteiger partial charge is 0.493 e. The van der Waals surface area contributed by atoms with Gasteiger partial charge in [0.05, 0.1) is 31.2 Å². The van der Waals surface area contributed by atoms with Crippen LogP contribution in [-0.2, 0) is 6.42 Å². The Balaban J connectivity index is 1.61. The predicted octanol–water partition coefficient (Wildman–Crippen LogP) is 6.21. The Morgan fingerprint density at radius 1 is 0.972 bits per heavy atom. The van der Waals surface area contributed by atoms with E-state index in [1.807, 2.05) is 31.2 Å². The molecule has 3 aromatic carbocycles. The van der Waals surface area contributed by atoms with E-state index in [1.165, 1.54) is 0 Å². The van der Waals surface area contributed by atoms with Crippen LogP contribution in [0.1, 0.15) is 38.9 Å². The normalized spacial score (nSPS) is 14.9. The van der Waals surface area contributed by atoms with Gasteiger partial charge in [-0.05, 0) is 66.4 Å². The lowest BCUT2D eigenvalue weighted by molar-refractivity contribution is 0.0730. The lowest BCUT2D eigenvalue weighted by Gasteiger charge is -2.25. The Morgan fingerprint density at radius 3 is 2.47 bits per heavy atom. The van der Waals surface area contributed by atoms with E-state index in [9.17, 15) is 9.59 Å². The topological polar surface area (TPSA) is 69.0 Å². The Labute approximate surface area is 217 Å². The zero-order valence-corrected chi connectivity index (χ0v) is 21.4. The molecule has 184 valence electrons.